The summed E-state index contributed by atoms with van der Waals surface area (Å²) in [4.78, 5) is 11.2. The van der Waals surface area contributed by atoms with Crippen molar-refractivity contribution in [1.29, 1.82) is 0 Å². The smallest absolute Gasteiger partial charge is 0.315 e. The van der Waals surface area contributed by atoms with Crippen LogP contribution in [-0.4, -0.2) is 12.1 Å². The Labute approximate surface area is 88.7 Å². The summed E-state index contributed by atoms with van der Waals surface area (Å²) in [6, 6.07) is 6.01. The second-order valence-corrected chi connectivity index (χ2v) is 3.61. The number of benzene rings is 1. The molecule has 0 atom stereocenters. The summed E-state index contributed by atoms with van der Waals surface area (Å²) >= 11 is 0. The van der Waals surface area contributed by atoms with Crippen molar-refractivity contribution in [2.75, 3.05) is 0 Å². The van der Waals surface area contributed by atoms with Gasteiger partial charge < -0.3 is 10.6 Å². The Morgan fingerprint density at radius 2 is 2.20 bits per heavy atom. The van der Waals surface area contributed by atoms with Crippen molar-refractivity contribution in [3.8, 4) is 0 Å². The molecule has 2 N–H and O–H groups in total. The van der Waals surface area contributed by atoms with Crippen LogP contribution in [0.4, 0.5) is 9.18 Å². The maximum absolute atomic E-state index is 12.8. The molecule has 0 saturated heterocycles. The summed E-state index contributed by atoms with van der Waals surface area (Å²) in [5, 5.41) is 5.32. The van der Waals surface area contributed by atoms with Crippen molar-refractivity contribution in [1.82, 2.24) is 10.6 Å². The van der Waals surface area contributed by atoms with E-state index in [-0.39, 0.29) is 17.9 Å². The van der Waals surface area contributed by atoms with Gasteiger partial charge in [0.25, 0.3) is 0 Å². The lowest BCUT2D eigenvalue weighted by Crippen LogP contribution is -2.39. The van der Waals surface area contributed by atoms with Gasteiger partial charge in [-0.15, -0.1) is 0 Å². The second kappa shape index (κ2) is 5.34. The molecular weight excluding hydrogens is 195 g/mol. The zero-order chi connectivity index (χ0) is 11.3. The van der Waals surface area contributed by atoms with Crippen molar-refractivity contribution in [2.45, 2.75) is 26.4 Å². The number of carbonyl (C=O) groups is 1. The molecule has 0 fully saturated rings. The summed E-state index contributed by atoms with van der Waals surface area (Å²) in [6.45, 7) is 4.08. The lowest BCUT2D eigenvalue weighted by Gasteiger charge is -2.09. The number of carbonyl (C=O) groups excluding carboxylic acids is 1. The van der Waals surface area contributed by atoms with Gasteiger partial charge in [-0.1, -0.05) is 12.1 Å². The van der Waals surface area contributed by atoms with Gasteiger partial charge in [0.15, 0.2) is 0 Å². The molecule has 4 heteroatoms. The number of hydrogen-bond donors (Lipinski definition) is 2. The number of halogens is 1. The van der Waals surface area contributed by atoms with E-state index in [0.29, 0.717) is 6.54 Å². The molecule has 0 spiro atoms. The van der Waals surface area contributed by atoms with Crippen LogP contribution in [0, 0.1) is 5.82 Å². The van der Waals surface area contributed by atoms with Crippen molar-refractivity contribution in [2.24, 2.45) is 0 Å². The Morgan fingerprint density at radius 1 is 1.47 bits per heavy atom. The molecule has 0 saturated carbocycles. The molecule has 0 aliphatic carbocycles. The minimum atomic E-state index is -0.293. The average molecular weight is 210 g/mol. The second-order valence-electron chi connectivity index (χ2n) is 3.61. The highest BCUT2D eigenvalue weighted by molar-refractivity contribution is 5.74. The third-order valence-electron chi connectivity index (χ3n) is 1.76. The molecule has 0 radical (unpaired) electrons. The third-order valence-corrected chi connectivity index (χ3v) is 1.76. The molecule has 0 heterocycles. The molecule has 0 aliphatic heterocycles. The van der Waals surface area contributed by atoms with Crippen molar-refractivity contribution in [3.63, 3.8) is 0 Å². The molecule has 3 nitrogen and oxygen atoms in total. The molecule has 2 amide bonds. The van der Waals surface area contributed by atoms with E-state index in [1.807, 2.05) is 13.8 Å². The van der Waals surface area contributed by atoms with Crippen molar-refractivity contribution in [3.05, 3.63) is 35.6 Å². The largest absolute Gasteiger partial charge is 0.336 e. The first kappa shape index (κ1) is 11.5. The van der Waals surface area contributed by atoms with E-state index in [4.69, 9.17) is 0 Å². The van der Waals surface area contributed by atoms with Crippen LogP contribution in [0.3, 0.4) is 0 Å². The predicted molar refractivity (Wildman–Crippen MR) is 56.9 cm³/mol. The molecule has 0 aromatic heterocycles. The molecule has 1 aromatic carbocycles. The topological polar surface area (TPSA) is 41.1 Å². The van der Waals surface area contributed by atoms with Gasteiger partial charge in [-0.3, -0.25) is 0 Å². The molecule has 82 valence electrons. The van der Waals surface area contributed by atoms with Gasteiger partial charge in [0, 0.05) is 12.6 Å². The number of nitrogens with one attached hydrogen (secondary N) is 2. The van der Waals surface area contributed by atoms with Crippen LogP contribution in [0.2, 0.25) is 0 Å². The summed E-state index contributed by atoms with van der Waals surface area (Å²) in [5.41, 5.74) is 0.744. The third kappa shape index (κ3) is 4.44. The van der Waals surface area contributed by atoms with Crippen LogP contribution in [0.15, 0.2) is 24.3 Å². The predicted octanol–water partition coefficient (Wildman–Crippen LogP) is 2.03. The van der Waals surface area contributed by atoms with Crippen LogP contribution in [0.25, 0.3) is 0 Å². The summed E-state index contributed by atoms with van der Waals surface area (Å²) in [6.07, 6.45) is 0. The maximum atomic E-state index is 12.8. The van der Waals surface area contributed by atoms with Crippen LogP contribution in [0.5, 0.6) is 0 Å². The maximum Gasteiger partial charge on any atom is 0.315 e. The fraction of sp³-hybridized carbons (Fsp3) is 0.364. The van der Waals surface area contributed by atoms with Gasteiger partial charge in [-0.2, -0.15) is 0 Å². The van der Waals surface area contributed by atoms with Gasteiger partial charge in [-0.25, -0.2) is 9.18 Å². The van der Waals surface area contributed by atoms with E-state index >= 15 is 0 Å². The van der Waals surface area contributed by atoms with E-state index in [0.717, 1.165) is 5.56 Å². The molecule has 1 rings (SSSR count). The fourth-order valence-corrected chi connectivity index (χ4v) is 1.14. The summed E-state index contributed by atoms with van der Waals surface area (Å²) in [5.74, 6) is -0.293. The summed E-state index contributed by atoms with van der Waals surface area (Å²) < 4.78 is 12.8. The van der Waals surface area contributed by atoms with Crippen LogP contribution in [-0.2, 0) is 6.54 Å². The van der Waals surface area contributed by atoms with E-state index in [9.17, 15) is 9.18 Å². The Hall–Kier alpha value is -1.58. The number of amides is 2. The zero-order valence-corrected chi connectivity index (χ0v) is 8.88. The van der Waals surface area contributed by atoms with Gasteiger partial charge in [-0.05, 0) is 31.5 Å². The number of hydrogen-bond acceptors (Lipinski definition) is 1. The van der Waals surface area contributed by atoms with E-state index in [1.165, 1.54) is 12.1 Å². The van der Waals surface area contributed by atoms with Crippen molar-refractivity contribution >= 4 is 6.03 Å². The van der Waals surface area contributed by atoms with Gasteiger partial charge in [0.1, 0.15) is 5.82 Å². The Bertz CT molecular complexity index is 339. The Kier molecular flexibility index (Phi) is 4.09. The first-order valence-electron chi connectivity index (χ1n) is 4.86. The van der Waals surface area contributed by atoms with E-state index in [2.05, 4.69) is 10.6 Å². The van der Waals surface area contributed by atoms with Crippen LogP contribution >= 0.6 is 0 Å². The fourth-order valence-electron chi connectivity index (χ4n) is 1.14. The lowest BCUT2D eigenvalue weighted by molar-refractivity contribution is 0.238. The normalized spacial score (nSPS) is 10.1. The standard InChI is InChI=1S/C11H15FN2O/c1-8(2)14-11(15)13-7-9-4-3-5-10(12)6-9/h3-6,8H,7H2,1-2H3,(H2,13,14,15). The molecule has 0 bridgehead atoms. The highest BCUT2D eigenvalue weighted by Gasteiger charge is 2.02. The van der Waals surface area contributed by atoms with Crippen molar-refractivity contribution < 1.29 is 9.18 Å². The van der Waals surface area contributed by atoms with E-state index in [1.54, 1.807) is 12.1 Å². The minimum Gasteiger partial charge on any atom is -0.336 e. The monoisotopic (exact) mass is 210 g/mol. The van der Waals surface area contributed by atoms with Crippen LogP contribution < -0.4 is 10.6 Å². The highest BCUT2D eigenvalue weighted by atomic mass is 19.1. The summed E-state index contributed by atoms with van der Waals surface area (Å²) in [7, 11) is 0. The molecule has 0 unspecified atom stereocenters. The van der Waals surface area contributed by atoms with Gasteiger partial charge in [0.05, 0.1) is 0 Å². The highest BCUT2D eigenvalue weighted by Crippen LogP contribution is 2.02. The van der Waals surface area contributed by atoms with Gasteiger partial charge in [0.2, 0.25) is 0 Å². The molecular formula is C11H15FN2O. The minimum absolute atomic E-state index is 0.0949. The number of urea groups is 1. The Balaban J connectivity index is 2.40. The van der Waals surface area contributed by atoms with Crippen LogP contribution in [0.1, 0.15) is 19.4 Å². The first-order valence-corrected chi connectivity index (χ1v) is 4.86. The van der Waals surface area contributed by atoms with Gasteiger partial charge >= 0.3 is 6.03 Å². The molecule has 15 heavy (non-hydrogen) atoms. The average Bonchev–Trinajstić information content (AvgIpc) is 2.14. The lowest BCUT2D eigenvalue weighted by atomic mass is 10.2. The van der Waals surface area contributed by atoms with E-state index < -0.39 is 0 Å². The first-order chi connectivity index (χ1) is 7.08. The quantitative estimate of drug-likeness (QED) is 0.787. The molecule has 1 aromatic rings. The Morgan fingerprint density at radius 3 is 2.80 bits per heavy atom. The zero-order valence-electron chi connectivity index (χ0n) is 8.88. The molecule has 0 aliphatic rings. The SMILES string of the molecule is CC(C)NC(=O)NCc1cccc(F)c1. The number of rotatable bonds is 3.